The molecule has 3 rings (SSSR count). The molecule has 0 unspecified atom stereocenters. The van der Waals surface area contributed by atoms with Gasteiger partial charge in [-0.2, -0.15) is 11.3 Å². The predicted molar refractivity (Wildman–Crippen MR) is 117 cm³/mol. The summed E-state index contributed by atoms with van der Waals surface area (Å²) < 4.78 is 2.02. The van der Waals surface area contributed by atoms with Crippen LogP contribution in [0.25, 0.3) is 6.08 Å². The second-order valence-electron chi connectivity index (χ2n) is 7.07. The Hall–Kier alpha value is -3.19. The van der Waals surface area contributed by atoms with Crippen LogP contribution in [0, 0.1) is 0 Å². The summed E-state index contributed by atoms with van der Waals surface area (Å²) in [7, 11) is 0. The lowest BCUT2D eigenvalue weighted by molar-refractivity contribution is -0.132. The van der Waals surface area contributed by atoms with Gasteiger partial charge in [0.25, 0.3) is 0 Å². The van der Waals surface area contributed by atoms with Crippen LogP contribution < -0.4 is 0 Å². The molecule has 6 nitrogen and oxygen atoms in total. The van der Waals surface area contributed by atoms with Crippen LogP contribution in [0.1, 0.15) is 52.8 Å². The van der Waals surface area contributed by atoms with Crippen molar-refractivity contribution in [2.75, 3.05) is 0 Å². The van der Waals surface area contributed by atoms with E-state index in [1.807, 2.05) is 21.4 Å². The normalized spacial score (nSPS) is 11.6. The van der Waals surface area contributed by atoms with Crippen molar-refractivity contribution in [2.24, 2.45) is 0 Å². The number of nitrogens with zero attached hydrogens (tertiary/aromatic N) is 2. The van der Waals surface area contributed by atoms with Gasteiger partial charge in [-0.1, -0.05) is 25.5 Å². The summed E-state index contributed by atoms with van der Waals surface area (Å²) in [5, 5.41) is 22.7. The van der Waals surface area contributed by atoms with Gasteiger partial charge in [-0.15, -0.1) is 0 Å². The highest BCUT2D eigenvalue weighted by Gasteiger charge is 2.14. The third kappa shape index (κ3) is 5.45. The first kappa shape index (κ1) is 21.5. The summed E-state index contributed by atoms with van der Waals surface area (Å²) in [6.45, 7) is 2.61. The van der Waals surface area contributed by atoms with Crippen LogP contribution in [0.5, 0.6) is 0 Å². The zero-order valence-electron chi connectivity index (χ0n) is 16.7. The van der Waals surface area contributed by atoms with E-state index in [0.717, 1.165) is 41.9 Å². The van der Waals surface area contributed by atoms with Crippen LogP contribution in [-0.2, 0) is 24.2 Å². The van der Waals surface area contributed by atoms with E-state index in [-0.39, 0.29) is 5.56 Å². The maximum atomic E-state index is 11.8. The Kier molecular flexibility index (Phi) is 7.19. The number of carbonyl (C=O) groups is 2. The lowest BCUT2D eigenvalue weighted by atomic mass is 10.1. The topological polar surface area (TPSA) is 92.4 Å². The van der Waals surface area contributed by atoms with Crippen molar-refractivity contribution >= 4 is 29.4 Å². The molecule has 0 saturated carbocycles. The van der Waals surface area contributed by atoms with Gasteiger partial charge in [-0.05, 0) is 52.6 Å². The molecule has 0 fully saturated rings. The maximum Gasteiger partial charge on any atom is 0.335 e. The van der Waals surface area contributed by atoms with Crippen LogP contribution >= 0.6 is 11.3 Å². The Balaban J connectivity index is 1.94. The smallest absolute Gasteiger partial charge is 0.335 e. The minimum Gasteiger partial charge on any atom is -0.478 e. The van der Waals surface area contributed by atoms with E-state index in [1.165, 1.54) is 0 Å². The SMILES string of the molecule is CCCCc1ncc(/C=C(/Cc2ccsc2)C(=O)O)n1Cc1ccc(C(=O)O)cc1. The number of rotatable bonds is 10. The molecule has 2 aromatic heterocycles. The van der Waals surface area contributed by atoms with Gasteiger partial charge in [0, 0.05) is 25.0 Å². The van der Waals surface area contributed by atoms with Gasteiger partial charge in [-0.3, -0.25) is 0 Å². The molecule has 156 valence electrons. The summed E-state index contributed by atoms with van der Waals surface area (Å²) >= 11 is 1.54. The average Bonchev–Trinajstić information content (AvgIpc) is 3.37. The molecule has 0 spiro atoms. The van der Waals surface area contributed by atoms with E-state index in [0.29, 0.717) is 18.5 Å². The van der Waals surface area contributed by atoms with Gasteiger partial charge in [0.05, 0.1) is 17.5 Å². The van der Waals surface area contributed by atoms with E-state index < -0.39 is 11.9 Å². The molecule has 0 atom stereocenters. The van der Waals surface area contributed by atoms with Crippen molar-refractivity contribution in [3.8, 4) is 0 Å². The third-order valence-corrected chi connectivity index (χ3v) is 5.57. The lowest BCUT2D eigenvalue weighted by Gasteiger charge is -2.12. The van der Waals surface area contributed by atoms with Crippen LogP contribution in [0.2, 0.25) is 0 Å². The van der Waals surface area contributed by atoms with Crippen LogP contribution in [0.4, 0.5) is 0 Å². The minimum absolute atomic E-state index is 0.236. The Labute approximate surface area is 179 Å². The monoisotopic (exact) mass is 424 g/mol. The number of hydrogen-bond donors (Lipinski definition) is 2. The number of hydrogen-bond acceptors (Lipinski definition) is 4. The third-order valence-electron chi connectivity index (χ3n) is 4.84. The predicted octanol–water partition coefficient (Wildman–Crippen LogP) is 4.74. The van der Waals surface area contributed by atoms with Gasteiger partial charge in [0.1, 0.15) is 5.82 Å². The summed E-state index contributed by atoms with van der Waals surface area (Å²) in [6.07, 6.45) is 6.57. The first-order chi connectivity index (χ1) is 14.5. The largest absolute Gasteiger partial charge is 0.478 e. The average molecular weight is 425 g/mol. The molecule has 0 bridgehead atoms. The molecule has 0 aliphatic carbocycles. The van der Waals surface area contributed by atoms with E-state index in [4.69, 9.17) is 5.11 Å². The number of unbranched alkanes of at least 4 members (excludes halogenated alkanes) is 1. The second-order valence-corrected chi connectivity index (χ2v) is 7.85. The standard InChI is InChI=1S/C23H24N2O4S/c1-2-3-4-21-24-13-20(12-19(23(28)29)11-17-9-10-30-15-17)25(21)14-16-5-7-18(8-6-16)22(26)27/h5-10,12-13,15H,2-4,11,14H2,1H3,(H,26,27)(H,28,29)/b19-12-. The van der Waals surface area contributed by atoms with E-state index in [9.17, 15) is 14.7 Å². The van der Waals surface area contributed by atoms with Crippen LogP contribution in [0.15, 0.2) is 52.9 Å². The molecule has 0 amide bonds. The Morgan fingerprint density at radius 3 is 2.50 bits per heavy atom. The number of aryl methyl sites for hydroxylation is 1. The Morgan fingerprint density at radius 1 is 1.13 bits per heavy atom. The van der Waals surface area contributed by atoms with Crippen molar-refractivity contribution in [2.45, 2.75) is 39.2 Å². The zero-order chi connectivity index (χ0) is 21.5. The summed E-state index contributed by atoms with van der Waals surface area (Å²) in [6, 6.07) is 8.65. The molecule has 0 aliphatic heterocycles. The highest BCUT2D eigenvalue weighted by molar-refractivity contribution is 7.07. The number of benzene rings is 1. The second kappa shape index (κ2) is 10.0. The molecule has 0 saturated heterocycles. The molecular weight excluding hydrogens is 400 g/mol. The number of carboxylic acids is 2. The maximum absolute atomic E-state index is 11.8. The molecule has 1 aromatic carbocycles. The quantitative estimate of drug-likeness (QED) is 0.459. The van der Waals surface area contributed by atoms with Gasteiger partial charge in [0.2, 0.25) is 0 Å². The van der Waals surface area contributed by atoms with Crippen molar-refractivity contribution < 1.29 is 19.8 Å². The van der Waals surface area contributed by atoms with Crippen molar-refractivity contribution in [3.63, 3.8) is 0 Å². The summed E-state index contributed by atoms with van der Waals surface area (Å²) in [4.78, 5) is 27.5. The van der Waals surface area contributed by atoms with Gasteiger partial charge in [-0.25, -0.2) is 14.6 Å². The highest BCUT2D eigenvalue weighted by Crippen LogP contribution is 2.19. The van der Waals surface area contributed by atoms with Crippen molar-refractivity contribution in [3.05, 3.63) is 81.1 Å². The summed E-state index contributed by atoms with van der Waals surface area (Å²) in [5.74, 6) is -1.02. The molecule has 7 heteroatoms. The summed E-state index contributed by atoms with van der Waals surface area (Å²) in [5.41, 5.74) is 3.17. The van der Waals surface area contributed by atoms with Crippen molar-refractivity contribution in [1.82, 2.24) is 9.55 Å². The number of aromatic carboxylic acids is 1. The van der Waals surface area contributed by atoms with Gasteiger partial charge < -0.3 is 14.8 Å². The zero-order valence-corrected chi connectivity index (χ0v) is 17.6. The number of thiophene rings is 1. The van der Waals surface area contributed by atoms with Crippen molar-refractivity contribution in [1.29, 1.82) is 0 Å². The number of aromatic nitrogens is 2. The molecule has 0 aliphatic rings. The van der Waals surface area contributed by atoms with E-state index in [1.54, 1.807) is 47.9 Å². The molecular formula is C23H24N2O4S. The molecule has 30 heavy (non-hydrogen) atoms. The number of imidazole rings is 1. The minimum atomic E-state index is -0.962. The first-order valence-electron chi connectivity index (χ1n) is 9.79. The number of aliphatic carboxylic acids is 1. The van der Waals surface area contributed by atoms with E-state index >= 15 is 0 Å². The Morgan fingerprint density at radius 2 is 1.90 bits per heavy atom. The fourth-order valence-corrected chi connectivity index (χ4v) is 3.85. The molecule has 0 radical (unpaired) electrons. The molecule has 2 N–H and O–H groups in total. The highest BCUT2D eigenvalue weighted by atomic mass is 32.1. The van der Waals surface area contributed by atoms with Gasteiger partial charge >= 0.3 is 11.9 Å². The number of carboxylic acid groups (broad SMARTS) is 2. The Bertz CT molecular complexity index is 1030. The molecule has 3 aromatic rings. The van der Waals surface area contributed by atoms with Crippen LogP contribution in [-0.4, -0.2) is 31.7 Å². The van der Waals surface area contributed by atoms with E-state index in [2.05, 4.69) is 11.9 Å². The fraction of sp³-hybridized carbons (Fsp3) is 0.261. The first-order valence-corrected chi connectivity index (χ1v) is 10.7. The fourth-order valence-electron chi connectivity index (χ4n) is 3.18. The molecule has 2 heterocycles. The van der Waals surface area contributed by atoms with Crippen LogP contribution in [0.3, 0.4) is 0 Å². The lowest BCUT2D eigenvalue weighted by Crippen LogP contribution is -2.09. The van der Waals surface area contributed by atoms with Gasteiger partial charge in [0.15, 0.2) is 0 Å².